The number of carbonyl (C=O) groups excluding carboxylic acids is 1. The summed E-state index contributed by atoms with van der Waals surface area (Å²) in [5, 5.41) is 6.57. The number of hydrogen-bond acceptors (Lipinski definition) is 3. The van der Waals surface area contributed by atoms with Gasteiger partial charge in [-0.1, -0.05) is 31.2 Å². The fourth-order valence-electron chi connectivity index (χ4n) is 3.04. The van der Waals surface area contributed by atoms with Crippen LogP contribution in [0.5, 0.6) is 0 Å². The molecule has 0 radical (unpaired) electrons. The van der Waals surface area contributed by atoms with Gasteiger partial charge >= 0.3 is 6.18 Å². The van der Waals surface area contributed by atoms with Gasteiger partial charge in [0.2, 0.25) is 5.91 Å². The highest BCUT2D eigenvalue weighted by Gasteiger charge is 2.27. The van der Waals surface area contributed by atoms with E-state index in [1.54, 1.807) is 12.1 Å². The molecule has 0 aliphatic carbocycles. The maximum absolute atomic E-state index is 12.1. The van der Waals surface area contributed by atoms with Gasteiger partial charge in [0, 0.05) is 32.1 Å². The van der Waals surface area contributed by atoms with E-state index < -0.39 is 12.8 Å². The molecule has 1 heterocycles. The van der Waals surface area contributed by atoms with E-state index >= 15 is 0 Å². The SMILES string of the molecule is CCNC(=NCc1ccc(COCC(F)(F)F)cc1)NC1CCN(C(=O)CC)C1. The van der Waals surface area contributed by atoms with E-state index in [0.717, 1.165) is 18.5 Å². The fourth-order valence-corrected chi connectivity index (χ4v) is 3.04. The van der Waals surface area contributed by atoms with Crippen LogP contribution in [0.15, 0.2) is 29.3 Å². The molecule has 1 aliphatic rings. The summed E-state index contributed by atoms with van der Waals surface area (Å²) in [5.41, 5.74) is 1.62. The molecule has 0 spiro atoms. The third-order valence-corrected chi connectivity index (χ3v) is 4.51. The van der Waals surface area contributed by atoms with E-state index in [2.05, 4.69) is 20.4 Å². The van der Waals surface area contributed by atoms with Gasteiger partial charge in [0.25, 0.3) is 0 Å². The van der Waals surface area contributed by atoms with Gasteiger partial charge in [-0.05, 0) is 24.5 Å². The molecular formula is C20H29F3N4O2. The van der Waals surface area contributed by atoms with Crippen LogP contribution in [0.2, 0.25) is 0 Å². The average molecular weight is 414 g/mol. The van der Waals surface area contributed by atoms with Crippen molar-refractivity contribution in [1.29, 1.82) is 0 Å². The predicted molar refractivity (Wildman–Crippen MR) is 105 cm³/mol. The van der Waals surface area contributed by atoms with Crippen molar-refractivity contribution in [3.05, 3.63) is 35.4 Å². The Labute approximate surface area is 169 Å². The lowest BCUT2D eigenvalue weighted by atomic mass is 10.1. The molecule has 2 rings (SSSR count). The number of alkyl halides is 3. The lowest BCUT2D eigenvalue weighted by Crippen LogP contribution is -2.45. The predicted octanol–water partition coefficient (Wildman–Crippen LogP) is 2.83. The first-order valence-electron chi connectivity index (χ1n) is 9.85. The molecule has 1 aromatic carbocycles. The number of ether oxygens (including phenoxy) is 1. The number of amides is 1. The molecule has 1 fully saturated rings. The molecule has 1 aromatic rings. The number of halogens is 3. The summed E-state index contributed by atoms with van der Waals surface area (Å²) < 4.78 is 41.0. The van der Waals surface area contributed by atoms with Crippen molar-refractivity contribution >= 4 is 11.9 Å². The zero-order valence-corrected chi connectivity index (χ0v) is 16.9. The number of likely N-dealkylation sites (tertiary alicyclic amines) is 1. The van der Waals surface area contributed by atoms with Crippen molar-refractivity contribution in [2.75, 3.05) is 26.2 Å². The summed E-state index contributed by atoms with van der Waals surface area (Å²) >= 11 is 0. The lowest BCUT2D eigenvalue weighted by Gasteiger charge is -2.18. The highest BCUT2D eigenvalue weighted by Crippen LogP contribution is 2.16. The Kier molecular flexibility index (Phi) is 8.75. The first-order valence-corrected chi connectivity index (χ1v) is 9.85. The van der Waals surface area contributed by atoms with E-state index in [4.69, 9.17) is 0 Å². The summed E-state index contributed by atoms with van der Waals surface area (Å²) in [6.07, 6.45) is -2.93. The monoisotopic (exact) mass is 414 g/mol. The first-order chi connectivity index (χ1) is 13.8. The molecule has 1 amide bonds. The lowest BCUT2D eigenvalue weighted by molar-refractivity contribution is -0.176. The van der Waals surface area contributed by atoms with Gasteiger partial charge in [-0.15, -0.1) is 0 Å². The van der Waals surface area contributed by atoms with Crippen LogP contribution < -0.4 is 10.6 Å². The van der Waals surface area contributed by atoms with Crippen LogP contribution in [-0.4, -0.2) is 55.2 Å². The summed E-state index contributed by atoms with van der Waals surface area (Å²) in [6.45, 7) is 5.08. The minimum Gasteiger partial charge on any atom is -0.367 e. The minimum atomic E-state index is -4.31. The second-order valence-corrected chi connectivity index (χ2v) is 6.94. The number of carbonyl (C=O) groups is 1. The molecule has 1 atom stereocenters. The van der Waals surface area contributed by atoms with Gasteiger partial charge in [-0.25, -0.2) is 4.99 Å². The van der Waals surface area contributed by atoms with Crippen LogP contribution in [0.3, 0.4) is 0 Å². The second kappa shape index (κ2) is 11.0. The summed E-state index contributed by atoms with van der Waals surface area (Å²) in [5.74, 6) is 0.844. The van der Waals surface area contributed by atoms with E-state index in [0.29, 0.717) is 37.6 Å². The van der Waals surface area contributed by atoms with Crippen LogP contribution >= 0.6 is 0 Å². The summed E-state index contributed by atoms with van der Waals surface area (Å²) in [4.78, 5) is 18.2. The van der Waals surface area contributed by atoms with Crippen LogP contribution in [0, 0.1) is 0 Å². The maximum Gasteiger partial charge on any atom is 0.411 e. The molecular weight excluding hydrogens is 385 g/mol. The van der Waals surface area contributed by atoms with Gasteiger partial charge in [0.1, 0.15) is 6.61 Å². The number of hydrogen-bond donors (Lipinski definition) is 2. The van der Waals surface area contributed by atoms with E-state index in [-0.39, 0.29) is 18.6 Å². The number of aliphatic imine (C=N–C) groups is 1. The zero-order valence-electron chi connectivity index (χ0n) is 16.9. The smallest absolute Gasteiger partial charge is 0.367 e. The molecule has 0 aromatic heterocycles. The minimum absolute atomic E-state index is 0.0814. The third-order valence-electron chi connectivity index (χ3n) is 4.51. The van der Waals surface area contributed by atoms with Gasteiger partial charge in [-0.3, -0.25) is 4.79 Å². The van der Waals surface area contributed by atoms with Crippen molar-refractivity contribution < 1.29 is 22.7 Å². The van der Waals surface area contributed by atoms with E-state index in [1.807, 2.05) is 30.9 Å². The molecule has 9 heteroatoms. The summed E-state index contributed by atoms with van der Waals surface area (Å²) in [7, 11) is 0. The second-order valence-electron chi connectivity index (χ2n) is 6.94. The largest absolute Gasteiger partial charge is 0.411 e. The zero-order chi connectivity index (χ0) is 21.3. The molecule has 1 unspecified atom stereocenters. The van der Waals surface area contributed by atoms with Crippen LogP contribution in [0.4, 0.5) is 13.2 Å². The van der Waals surface area contributed by atoms with E-state index in [1.165, 1.54) is 0 Å². The van der Waals surface area contributed by atoms with Crippen LogP contribution in [-0.2, 0) is 22.7 Å². The van der Waals surface area contributed by atoms with Crippen molar-refractivity contribution in [3.8, 4) is 0 Å². The van der Waals surface area contributed by atoms with Crippen molar-refractivity contribution in [3.63, 3.8) is 0 Å². The Morgan fingerprint density at radius 3 is 2.55 bits per heavy atom. The fraction of sp³-hybridized carbons (Fsp3) is 0.600. The van der Waals surface area contributed by atoms with Gasteiger partial charge in [0.15, 0.2) is 5.96 Å². The van der Waals surface area contributed by atoms with Crippen LogP contribution in [0.1, 0.15) is 37.8 Å². The molecule has 1 aliphatic heterocycles. The standard InChI is InChI=1S/C20H29F3N4O2/c1-3-18(28)27-10-9-17(12-27)26-19(24-4-2)25-11-15-5-7-16(8-6-15)13-29-14-20(21,22)23/h5-8,17H,3-4,9-14H2,1-2H3,(H2,24,25,26). The number of nitrogens with one attached hydrogen (secondary N) is 2. The quantitative estimate of drug-likeness (QED) is 0.507. The van der Waals surface area contributed by atoms with E-state index in [9.17, 15) is 18.0 Å². The first kappa shape index (κ1) is 23.0. The molecule has 6 nitrogen and oxygen atoms in total. The molecule has 2 N–H and O–H groups in total. The molecule has 162 valence electrons. The molecule has 29 heavy (non-hydrogen) atoms. The molecule has 0 saturated carbocycles. The van der Waals surface area contributed by atoms with Gasteiger partial charge < -0.3 is 20.3 Å². The number of rotatable bonds is 8. The van der Waals surface area contributed by atoms with Crippen molar-refractivity contribution in [2.45, 2.75) is 52.1 Å². The average Bonchev–Trinajstić information content (AvgIpc) is 3.14. The normalized spacial score (nSPS) is 17.5. The Bertz CT molecular complexity index is 677. The maximum atomic E-state index is 12.1. The van der Waals surface area contributed by atoms with Gasteiger partial charge in [-0.2, -0.15) is 13.2 Å². The number of benzene rings is 1. The molecule has 1 saturated heterocycles. The Morgan fingerprint density at radius 2 is 1.93 bits per heavy atom. The number of nitrogens with zero attached hydrogens (tertiary/aromatic N) is 2. The highest BCUT2D eigenvalue weighted by atomic mass is 19.4. The highest BCUT2D eigenvalue weighted by molar-refractivity contribution is 5.80. The van der Waals surface area contributed by atoms with Crippen molar-refractivity contribution in [2.24, 2.45) is 4.99 Å². The van der Waals surface area contributed by atoms with Crippen molar-refractivity contribution in [1.82, 2.24) is 15.5 Å². The summed E-state index contributed by atoms with van der Waals surface area (Å²) in [6, 6.07) is 7.31. The third kappa shape index (κ3) is 8.31. The Morgan fingerprint density at radius 1 is 1.24 bits per heavy atom. The van der Waals surface area contributed by atoms with Gasteiger partial charge in [0.05, 0.1) is 13.2 Å². The topological polar surface area (TPSA) is 66.0 Å². The number of guanidine groups is 1. The molecule has 0 bridgehead atoms. The Hall–Kier alpha value is -2.29. The Balaban J connectivity index is 1.85. The van der Waals surface area contributed by atoms with Crippen LogP contribution in [0.25, 0.3) is 0 Å².